The van der Waals surface area contributed by atoms with E-state index in [2.05, 4.69) is 25.8 Å². The van der Waals surface area contributed by atoms with Crippen LogP contribution in [0.3, 0.4) is 0 Å². The lowest BCUT2D eigenvalue weighted by molar-refractivity contribution is 0.0700. The summed E-state index contributed by atoms with van der Waals surface area (Å²) < 4.78 is 0. The van der Waals surface area contributed by atoms with E-state index in [4.69, 9.17) is 5.21 Å². The summed E-state index contributed by atoms with van der Waals surface area (Å²) in [6.07, 6.45) is 1.64. The van der Waals surface area contributed by atoms with Gasteiger partial charge in [0.15, 0.2) is 0 Å². The molecule has 0 aliphatic carbocycles. The molecule has 0 bridgehead atoms. The van der Waals surface area contributed by atoms with Crippen molar-refractivity contribution in [3.05, 3.63) is 29.6 Å². The molecule has 1 amide bonds. The van der Waals surface area contributed by atoms with Gasteiger partial charge >= 0.3 is 0 Å². The van der Waals surface area contributed by atoms with Crippen molar-refractivity contribution in [3.8, 4) is 0 Å². The van der Waals surface area contributed by atoms with E-state index in [0.717, 1.165) is 5.56 Å². The van der Waals surface area contributed by atoms with Crippen LogP contribution >= 0.6 is 0 Å². The van der Waals surface area contributed by atoms with E-state index in [9.17, 15) is 4.79 Å². The number of nitrogens with zero attached hydrogens (tertiary/aromatic N) is 1. The molecule has 0 radical (unpaired) electrons. The summed E-state index contributed by atoms with van der Waals surface area (Å²) in [5, 5.41) is 8.38. The monoisotopic (exact) mass is 194 g/mol. The third-order valence-corrected chi connectivity index (χ3v) is 1.96. The lowest BCUT2D eigenvalue weighted by Crippen LogP contribution is -2.20. The van der Waals surface area contributed by atoms with E-state index in [-0.39, 0.29) is 11.1 Å². The molecule has 0 aromatic carbocycles. The van der Waals surface area contributed by atoms with E-state index in [0.29, 0.717) is 0 Å². The molecule has 0 saturated heterocycles. The van der Waals surface area contributed by atoms with Gasteiger partial charge in [-0.15, -0.1) is 0 Å². The van der Waals surface area contributed by atoms with Crippen LogP contribution in [0.2, 0.25) is 0 Å². The molecule has 4 nitrogen and oxygen atoms in total. The Balaban J connectivity index is 2.95. The fourth-order valence-electron chi connectivity index (χ4n) is 1.03. The van der Waals surface area contributed by atoms with E-state index in [1.165, 1.54) is 5.48 Å². The van der Waals surface area contributed by atoms with Crippen LogP contribution < -0.4 is 5.48 Å². The molecule has 2 N–H and O–H groups in total. The summed E-state index contributed by atoms with van der Waals surface area (Å²) in [7, 11) is 0. The second-order valence-electron chi connectivity index (χ2n) is 4.12. The molecule has 4 heteroatoms. The van der Waals surface area contributed by atoms with Gasteiger partial charge in [-0.2, -0.15) is 0 Å². The van der Waals surface area contributed by atoms with Gasteiger partial charge < -0.3 is 0 Å². The van der Waals surface area contributed by atoms with Crippen molar-refractivity contribution < 1.29 is 10.0 Å². The summed E-state index contributed by atoms with van der Waals surface area (Å²) in [5.41, 5.74) is 2.81. The van der Waals surface area contributed by atoms with Gasteiger partial charge in [-0.25, -0.2) is 5.48 Å². The third-order valence-electron chi connectivity index (χ3n) is 1.96. The molecular weight excluding hydrogens is 180 g/mol. The van der Waals surface area contributed by atoms with Crippen LogP contribution in [0.15, 0.2) is 18.3 Å². The van der Waals surface area contributed by atoms with Crippen molar-refractivity contribution in [2.75, 3.05) is 0 Å². The highest BCUT2D eigenvalue weighted by atomic mass is 16.5. The molecule has 0 saturated carbocycles. The lowest BCUT2D eigenvalue weighted by atomic mass is 9.88. The molecule has 76 valence electrons. The van der Waals surface area contributed by atoms with Gasteiger partial charge in [0.25, 0.3) is 5.91 Å². The maximum absolute atomic E-state index is 11.0. The maximum Gasteiger partial charge on any atom is 0.293 e. The number of hydrogen-bond acceptors (Lipinski definition) is 3. The zero-order valence-electron chi connectivity index (χ0n) is 8.53. The van der Waals surface area contributed by atoms with Gasteiger partial charge in [-0.3, -0.25) is 15.0 Å². The predicted octanol–water partition coefficient (Wildman–Crippen LogP) is 1.50. The number of rotatable bonds is 1. The molecule has 0 aliphatic rings. The number of hydrogen-bond donors (Lipinski definition) is 2. The second-order valence-corrected chi connectivity index (χ2v) is 4.12. The quantitative estimate of drug-likeness (QED) is 0.526. The van der Waals surface area contributed by atoms with Crippen LogP contribution in [0.4, 0.5) is 0 Å². The minimum atomic E-state index is -0.592. The van der Waals surface area contributed by atoms with E-state index in [1.807, 2.05) is 6.07 Å². The fraction of sp³-hybridized carbons (Fsp3) is 0.400. The predicted molar refractivity (Wildman–Crippen MR) is 52.2 cm³/mol. The molecular formula is C10H14N2O2. The Morgan fingerprint density at radius 1 is 1.43 bits per heavy atom. The van der Waals surface area contributed by atoms with Crippen LogP contribution in [0.1, 0.15) is 36.8 Å². The van der Waals surface area contributed by atoms with Gasteiger partial charge in [0.2, 0.25) is 0 Å². The van der Waals surface area contributed by atoms with Crippen LogP contribution in [-0.4, -0.2) is 16.1 Å². The van der Waals surface area contributed by atoms with Crippen molar-refractivity contribution in [2.45, 2.75) is 26.2 Å². The summed E-state index contributed by atoms with van der Waals surface area (Å²) >= 11 is 0. The van der Waals surface area contributed by atoms with Crippen LogP contribution in [0.5, 0.6) is 0 Å². The Hall–Kier alpha value is -1.42. The summed E-state index contributed by atoms with van der Waals surface area (Å²) in [6.45, 7) is 6.20. The van der Waals surface area contributed by atoms with Crippen LogP contribution in [-0.2, 0) is 5.41 Å². The number of hydroxylamine groups is 1. The van der Waals surface area contributed by atoms with Crippen molar-refractivity contribution in [1.29, 1.82) is 0 Å². The average Bonchev–Trinajstić information content (AvgIpc) is 2.15. The number of carbonyl (C=O) groups excluding carboxylic acids is 1. The molecule has 1 rings (SSSR count). The molecule has 0 fully saturated rings. The molecule has 0 atom stereocenters. The number of carbonyl (C=O) groups is 1. The molecule has 0 unspecified atom stereocenters. The summed E-state index contributed by atoms with van der Waals surface area (Å²) in [6, 6.07) is 3.42. The van der Waals surface area contributed by atoms with E-state index in [1.54, 1.807) is 12.3 Å². The van der Waals surface area contributed by atoms with Gasteiger partial charge in [0.1, 0.15) is 5.69 Å². The number of amides is 1. The first kappa shape index (κ1) is 10.7. The van der Waals surface area contributed by atoms with Crippen molar-refractivity contribution >= 4 is 5.91 Å². The number of nitrogens with one attached hydrogen (secondary N) is 1. The third kappa shape index (κ3) is 2.29. The van der Waals surface area contributed by atoms with Gasteiger partial charge in [0.05, 0.1) is 0 Å². The average molecular weight is 194 g/mol. The topological polar surface area (TPSA) is 62.2 Å². The molecule has 1 aromatic heterocycles. The highest BCUT2D eigenvalue weighted by Gasteiger charge is 2.14. The van der Waals surface area contributed by atoms with Crippen LogP contribution in [0, 0.1) is 0 Å². The first-order valence-electron chi connectivity index (χ1n) is 4.36. The zero-order valence-corrected chi connectivity index (χ0v) is 8.53. The van der Waals surface area contributed by atoms with Crippen molar-refractivity contribution in [3.63, 3.8) is 0 Å². The SMILES string of the molecule is CC(C)(C)c1ccc(C(=O)NO)nc1. The highest BCUT2D eigenvalue weighted by molar-refractivity contribution is 5.91. The first-order chi connectivity index (χ1) is 6.45. The van der Waals surface area contributed by atoms with E-state index < -0.39 is 5.91 Å². The number of pyridine rings is 1. The largest absolute Gasteiger partial charge is 0.293 e. The Morgan fingerprint density at radius 3 is 2.43 bits per heavy atom. The first-order valence-corrected chi connectivity index (χ1v) is 4.36. The van der Waals surface area contributed by atoms with Gasteiger partial charge in [-0.1, -0.05) is 26.8 Å². The summed E-state index contributed by atoms with van der Waals surface area (Å²) in [5.74, 6) is -0.592. The van der Waals surface area contributed by atoms with Gasteiger partial charge in [0, 0.05) is 6.20 Å². The van der Waals surface area contributed by atoms with Crippen molar-refractivity contribution in [1.82, 2.24) is 10.5 Å². The molecule has 14 heavy (non-hydrogen) atoms. The van der Waals surface area contributed by atoms with E-state index >= 15 is 0 Å². The number of aromatic nitrogens is 1. The van der Waals surface area contributed by atoms with Gasteiger partial charge in [-0.05, 0) is 17.0 Å². The maximum atomic E-state index is 11.0. The zero-order chi connectivity index (χ0) is 10.8. The minimum Gasteiger partial charge on any atom is -0.288 e. The Labute approximate surface area is 82.9 Å². The molecule has 1 heterocycles. The second kappa shape index (κ2) is 3.75. The Bertz CT molecular complexity index is 325. The Morgan fingerprint density at radius 2 is 2.07 bits per heavy atom. The minimum absolute atomic E-state index is 0.0151. The molecule has 1 aromatic rings. The standard InChI is InChI=1S/C10H14N2O2/c1-10(2,3)7-4-5-8(11-6-7)9(13)12-14/h4-6,14H,1-3H3,(H,12,13). The lowest BCUT2D eigenvalue weighted by Gasteiger charge is -2.18. The van der Waals surface area contributed by atoms with Crippen molar-refractivity contribution in [2.24, 2.45) is 0 Å². The molecule has 0 aliphatic heterocycles. The molecule has 0 spiro atoms. The Kier molecular flexibility index (Phi) is 2.86. The van der Waals surface area contributed by atoms with Crippen LogP contribution in [0.25, 0.3) is 0 Å². The highest BCUT2D eigenvalue weighted by Crippen LogP contribution is 2.20. The fourth-order valence-corrected chi connectivity index (χ4v) is 1.03. The normalized spacial score (nSPS) is 11.1. The smallest absolute Gasteiger partial charge is 0.288 e. The summed E-state index contributed by atoms with van der Waals surface area (Å²) in [4.78, 5) is 14.9.